The predicted octanol–water partition coefficient (Wildman–Crippen LogP) is 1.21. The van der Waals surface area contributed by atoms with Gasteiger partial charge in [0, 0.05) is 33.5 Å². The van der Waals surface area contributed by atoms with Crippen LogP contribution in [0, 0.1) is 0 Å². The van der Waals surface area contributed by atoms with Gasteiger partial charge >= 0.3 is 6.03 Å². The van der Waals surface area contributed by atoms with Crippen molar-refractivity contribution < 1.29 is 14.3 Å². The van der Waals surface area contributed by atoms with E-state index in [-0.39, 0.29) is 6.03 Å². The highest BCUT2D eigenvalue weighted by atomic mass is 16.5. The van der Waals surface area contributed by atoms with Gasteiger partial charge in [0.2, 0.25) is 0 Å². The summed E-state index contributed by atoms with van der Waals surface area (Å²) >= 11 is 0. The summed E-state index contributed by atoms with van der Waals surface area (Å²) in [7, 11) is 3.23. The number of methoxy groups -OCH3 is 2. The van der Waals surface area contributed by atoms with Gasteiger partial charge in [0.05, 0.1) is 13.2 Å². The lowest BCUT2D eigenvalue weighted by Gasteiger charge is -2.21. The molecule has 0 aliphatic rings. The summed E-state index contributed by atoms with van der Waals surface area (Å²) in [5, 5.41) is 2.71. The summed E-state index contributed by atoms with van der Waals surface area (Å²) in [6, 6.07) is -0.129. The minimum atomic E-state index is -0.129. The first-order valence-corrected chi connectivity index (χ1v) is 5.28. The minimum Gasteiger partial charge on any atom is -0.383 e. The molecule has 0 aliphatic heterocycles. The van der Waals surface area contributed by atoms with Gasteiger partial charge in [0.1, 0.15) is 0 Å². The topological polar surface area (TPSA) is 50.8 Å². The van der Waals surface area contributed by atoms with E-state index in [1.165, 1.54) is 0 Å². The number of hydrogen-bond donors (Lipinski definition) is 1. The summed E-state index contributed by atoms with van der Waals surface area (Å²) in [4.78, 5) is 13.4. The maximum atomic E-state index is 11.7. The zero-order valence-corrected chi connectivity index (χ0v) is 10.6. The predicted molar refractivity (Wildman–Crippen MR) is 63.3 cm³/mol. The number of carbonyl (C=O) groups is 1. The average Bonchev–Trinajstić information content (AvgIpc) is 2.26. The van der Waals surface area contributed by atoms with E-state index in [1.54, 1.807) is 25.3 Å². The lowest BCUT2D eigenvalue weighted by Crippen LogP contribution is -2.41. The molecule has 0 atom stereocenters. The zero-order chi connectivity index (χ0) is 12.4. The fourth-order valence-corrected chi connectivity index (χ4v) is 1.02. The lowest BCUT2D eigenvalue weighted by atomic mass is 10.4. The summed E-state index contributed by atoms with van der Waals surface area (Å²) in [6.07, 6.45) is 1.69. The first-order chi connectivity index (χ1) is 7.61. The molecule has 0 aromatic rings. The van der Waals surface area contributed by atoms with Crippen LogP contribution in [0.1, 0.15) is 13.8 Å². The van der Waals surface area contributed by atoms with Crippen molar-refractivity contribution in [2.24, 2.45) is 0 Å². The molecule has 0 bridgehead atoms. The van der Waals surface area contributed by atoms with Crippen LogP contribution in [0.4, 0.5) is 4.79 Å². The zero-order valence-electron chi connectivity index (χ0n) is 10.6. The normalized spacial score (nSPS) is 9.75. The Balaban J connectivity index is 4.14. The Morgan fingerprint density at radius 2 is 1.69 bits per heavy atom. The van der Waals surface area contributed by atoms with Gasteiger partial charge in [0.15, 0.2) is 0 Å². The third-order valence-electron chi connectivity index (χ3n) is 1.90. The van der Waals surface area contributed by atoms with E-state index in [4.69, 9.17) is 9.47 Å². The molecule has 0 aliphatic carbocycles. The van der Waals surface area contributed by atoms with Crippen LogP contribution in [-0.2, 0) is 9.47 Å². The largest absolute Gasteiger partial charge is 0.383 e. The van der Waals surface area contributed by atoms with Gasteiger partial charge in [-0.1, -0.05) is 5.57 Å². The van der Waals surface area contributed by atoms with E-state index in [0.29, 0.717) is 26.3 Å². The molecule has 0 radical (unpaired) electrons. The van der Waals surface area contributed by atoms with Gasteiger partial charge in [-0.2, -0.15) is 0 Å². The van der Waals surface area contributed by atoms with Crippen LogP contribution in [0.3, 0.4) is 0 Å². The van der Waals surface area contributed by atoms with Crippen molar-refractivity contribution >= 4 is 6.03 Å². The van der Waals surface area contributed by atoms with Crippen molar-refractivity contribution in [1.82, 2.24) is 10.2 Å². The average molecular weight is 230 g/mol. The van der Waals surface area contributed by atoms with Crippen LogP contribution in [0.2, 0.25) is 0 Å². The van der Waals surface area contributed by atoms with E-state index in [1.807, 2.05) is 13.8 Å². The molecule has 0 unspecified atom stereocenters. The van der Waals surface area contributed by atoms with Gasteiger partial charge in [-0.05, 0) is 13.8 Å². The Morgan fingerprint density at radius 3 is 2.06 bits per heavy atom. The van der Waals surface area contributed by atoms with Gasteiger partial charge in [-0.3, -0.25) is 0 Å². The Bertz CT molecular complexity index is 217. The highest BCUT2D eigenvalue weighted by molar-refractivity contribution is 5.75. The summed E-state index contributed by atoms with van der Waals surface area (Å²) in [5.74, 6) is 0. The number of carbonyl (C=O) groups excluding carboxylic acids is 1. The molecular formula is C11H22N2O3. The van der Waals surface area contributed by atoms with Crippen molar-refractivity contribution in [3.05, 3.63) is 11.8 Å². The van der Waals surface area contributed by atoms with Crippen LogP contribution in [-0.4, -0.2) is 51.5 Å². The Kier molecular flexibility index (Phi) is 8.56. The molecule has 0 saturated heterocycles. The van der Waals surface area contributed by atoms with E-state index in [9.17, 15) is 4.79 Å². The molecule has 0 spiro atoms. The summed E-state index contributed by atoms with van der Waals surface area (Å²) < 4.78 is 9.90. The molecule has 0 aromatic carbocycles. The van der Waals surface area contributed by atoms with Crippen LogP contribution >= 0.6 is 0 Å². The Morgan fingerprint density at radius 1 is 1.19 bits per heavy atom. The molecule has 0 rings (SSSR count). The summed E-state index contributed by atoms with van der Waals surface area (Å²) in [6.45, 7) is 6.01. The first kappa shape index (κ1) is 14.9. The number of nitrogens with one attached hydrogen (secondary N) is 1. The smallest absolute Gasteiger partial charge is 0.321 e. The monoisotopic (exact) mass is 230 g/mol. The van der Waals surface area contributed by atoms with Crippen molar-refractivity contribution in [3.8, 4) is 0 Å². The molecular weight excluding hydrogens is 208 g/mol. The van der Waals surface area contributed by atoms with E-state index < -0.39 is 0 Å². The number of amides is 2. The molecule has 2 amide bonds. The molecule has 0 heterocycles. The van der Waals surface area contributed by atoms with Gasteiger partial charge in [-0.25, -0.2) is 4.79 Å². The lowest BCUT2D eigenvalue weighted by molar-refractivity contribution is 0.123. The molecule has 16 heavy (non-hydrogen) atoms. The second kappa shape index (κ2) is 9.18. The molecule has 5 nitrogen and oxygen atoms in total. The van der Waals surface area contributed by atoms with Gasteiger partial charge in [0.25, 0.3) is 0 Å². The fourth-order valence-electron chi connectivity index (χ4n) is 1.02. The van der Waals surface area contributed by atoms with E-state index >= 15 is 0 Å². The number of ether oxygens (including phenoxy) is 2. The Hall–Kier alpha value is -1.07. The standard InChI is InChI=1S/C11H22N2O3/c1-10(2)9-12-11(14)13(5-7-15-3)6-8-16-4/h9H,5-8H2,1-4H3,(H,12,14). The number of nitrogens with zero attached hydrogens (tertiary/aromatic N) is 1. The molecule has 1 N–H and O–H groups in total. The third kappa shape index (κ3) is 7.25. The van der Waals surface area contributed by atoms with Crippen molar-refractivity contribution in [1.29, 1.82) is 0 Å². The highest BCUT2D eigenvalue weighted by Crippen LogP contribution is 1.92. The molecule has 5 heteroatoms. The molecule has 0 aromatic heterocycles. The van der Waals surface area contributed by atoms with Gasteiger partial charge < -0.3 is 19.7 Å². The quantitative estimate of drug-likeness (QED) is 0.715. The van der Waals surface area contributed by atoms with Gasteiger partial charge in [-0.15, -0.1) is 0 Å². The van der Waals surface area contributed by atoms with Crippen molar-refractivity contribution in [2.45, 2.75) is 13.8 Å². The SMILES string of the molecule is COCCN(CCOC)C(=O)NC=C(C)C. The van der Waals surface area contributed by atoms with Crippen molar-refractivity contribution in [3.63, 3.8) is 0 Å². The number of rotatable bonds is 7. The number of allylic oxidation sites excluding steroid dienone is 1. The maximum absolute atomic E-state index is 11.7. The highest BCUT2D eigenvalue weighted by Gasteiger charge is 2.10. The van der Waals surface area contributed by atoms with E-state index in [2.05, 4.69) is 5.32 Å². The van der Waals surface area contributed by atoms with Crippen molar-refractivity contribution in [2.75, 3.05) is 40.5 Å². The Labute approximate surface area is 97.4 Å². The summed E-state index contributed by atoms with van der Waals surface area (Å²) in [5.41, 5.74) is 1.05. The molecule has 0 fully saturated rings. The second-order valence-corrected chi connectivity index (χ2v) is 3.64. The van der Waals surface area contributed by atoms with Crippen LogP contribution < -0.4 is 5.32 Å². The third-order valence-corrected chi connectivity index (χ3v) is 1.90. The van der Waals surface area contributed by atoms with Crippen LogP contribution in [0.25, 0.3) is 0 Å². The maximum Gasteiger partial charge on any atom is 0.321 e. The molecule has 94 valence electrons. The van der Waals surface area contributed by atoms with Crippen LogP contribution in [0.15, 0.2) is 11.8 Å². The molecule has 0 saturated carbocycles. The fraction of sp³-hybridized carbons (Fsp3) is 0.727. The van der Waals surface area contributed by atoms with Crippen LogP contribution in [0.5, 0.6) is 0 Å². The minimum absolute atomic E-state index is 0.129. The first-order valence-electron chi connectivity index (χ1n) is 5.28. The number of urea groups is 1. The second-order valence-electron chi connectivity index (χ2n) is 3.64. The number of hydrogen-bond acceptors (Lipinski definition) is 3. The van der Waals surface area contributed by atoms with E-state index in [0.717, 1.165) is 5.57 Å².